The molecule has 12 heteroatoms. The van der Waals surface area contributed by atoms with E-state index in [1.54, 1.807) is 0 Å². The van der Waals surface area contributed by atoms with Gasteiger partial charge in [-0.25, -0.2) is 15.4 Å². The fourth-order valence-electron chi connectivity index (χ4n) is 1.10. The summed E-state index contributed by atoms with van der Waals surface area (Å²) in [7, 11) is -4.49. The lowest BCUT2D eigenvalue weighted by molar-refractivity contribution is 0.142. The Morgan fingerprint density at radius 1 is 1.59 bits per heavy atom. The van der Waals surface area contributed by atoms with E-state index in [1.807, 2.05) is 0 Å². The van der Waals surface area contributed by atoms with E-state index in [1.165, 1.54) is 0 Å². The van der Waals surface area contributed by atoms with Gasteiger partial charge >= 0.3 is 7.82 Å². The lowest BCUT2D eigenvalue weighted by Gasteiger charge is -2.09. The maximum Gasteiger partial charge on any atom is 0.563 e. The van der Waals surface area contributed by atoms with Crippen LogP contribution >= 0.6 is 7.82 Å². The third-order valence-electron chi connectivity index (χ3n) is 1.72. The van der Waals surface area contributed by atoms with Gasteiger partial charge in [0, 0.05) is 0 Å². The number of phosphoric acid groups is 1. The smallest absolute Gasteiger partial charge is 0.369 e. The van der Waals surface area contributed by atoms with Gasteiger partial charge in [0.25, 0.3) is 5.56 Å². The number of nitrogen functional groups attached to an aromatic ring is 1. The predicted molar refractivity (Wildman–Crippen MR) is 54.2 cm³/mol. The summed E-state index contributed by atoms with van der Waals surface area (Å²) in [4.78, 5) is 29.8. The van der Waals surface area contributed by atoms with Gasteiger partial charge in [0.2, 0.25) is 11.6 Å². The molecule has 0 aliphatic heterocycles. The first-order chi connectivity index (χ1) is 7.93. The molecular formula is C5H7N6O5P. The molecular weight excluding hydrogens is 255 g/mol. The molecule has 0 aromatic carbocycles. The average molecular weight is 262 g/mol. The maximum absolute atomic E-state index is 11.4. The second kappa shape index (κ2) is 3.82. The summed E-state index contributed by atoms with van der Waals surface area (Å²) in [5.41, 5.74) is 4.43. The molecule has 0 spiro atoms. The Hall–Kier alpha value is -1.94. The van der Waals surface area contributed by atoms with Gasteiger partial charge in [-0.15, -0.1) is 4.73 Å². The van der Waals surface area contributed by atoms with Crippen molar-refractivity contribution in [3.05, 3.63) is 16.7 Å². The summed E-state index contributed by atoms with van der Waals surface area (Å²) < 4.78 is 19.9. The quantitative estimate of drug-likeness (QED) is 0.364. The van der Waals surface area contributed by atoms with Crippen LogP contribution in [0.3, 0.4) is 0 Å². The van der Waals surface area contributed by atoms with Crippen LogP contribution in [0.5, 0.6) is 0 Å². The van der Waals surface area contributed by atoms with Gasteiger partial charge in [0.05, 0.1) is 0 Å². The number of anilines is 1. The number of aromatic amines is 1. The number of hydrogen-bond acceptors (Lipinski definition) is 8. The van der Waals surface area contributed by atoms with Crippen molar-refractivity contribution in [1.82, 2.24) is 19.7 Å². The summed E-state index contributed by atoms with van der Waals surface area (Å²) in [5, 5.41) is 0. The number of rotatable bonds is 3. The van der Waals surface area contributed by atoms with Crippen LogP contribution in [0.2, 0.25) is 0 Å². The number of hydrogen-bond donors (Lipinski definition) is 4. The van der Waals surface area contributed by atoms with Crippen LogP contribution in [0.25, 0.3) is 11.2 Å². The van der Waals surface area contributed by atoms with Gasteiger partial charge in [0.1, 0.15) is 6.33 Å². The molecule has 2 heterocycles. The van der Waals surface area contributed by atoms with E-state index in [9.17, 15) is 9.36 Å². The lowest BCUT2D eigenvalue weighted by Crippen LogP contribution is -2.15. The number of nitrogens with two attached hydrogens (primary N) is 2. The zero-order chi connectivity index (χ0) is 12.6. The predicted octanol–water partition coefficient (Wildman–Crippen LogP) is -1.88. The molecule has 1 atom stereocenters. The van der Waals surface area contributed by atoms with E-state index in [0.717, 1.165) is 6.33 Å². The van der Waals surface area contributed by atoms with Gasteiger partial charge < -0.3 is 10.4 Å². The monoisotopic (exact) mass is 262 g/mol. The van der Waals surface area contributed by atoms with Crippen molar-refractivity contribution in [3.8, 4) is 0 Å². The first-order valence-electron chi connectivity index (χ1n) is 4.07. The highest BCUT2D eigenvalue weighted by Gasteiger charge is 2.24. The summed E-state index contributed by atoms with van der Waals surface area (Å²) >= 11 is 0. The van der Waals surface area contributed by atoms with Crippen LogP contribution in [0.1, 0.15) is 0 Å². The van der Waals surface area contributed by atoms with Crippen molar-refractivity contribution in [2.24, 2.45) is 5.90 Å². The Bertz CT molecular complexity index is 662. The molecule has 17 heavy (non-hydrogen) atoms. The first kappa shape index (κ1) is 11.5. The largest absolute Gasteiger partial charge is 0.563 e. The van der Waals surface area contributed by atoms with E-state index >= 15 is 0 Å². The van der Waals surface area contributed by atoms with Crippen LogP contribution < -0.4 is 21.8 Å². The molecule has 0 saturated heterocycles. The minimum Gasteiger partial charge on any atom is -0.369 e. The molecule has 2 rings (SSSR count). The number of imidazole rings is 1. The van der Waals surface area contributed by atoms with Gasteiger partial charge in [-0.2, -0.15) is 9.61 Å². The minimum absolute atomic E-state index is 0.115. The fraction of sp³-hybridized carbons (Fsp3) is 0. The molecule has 92 valence electrons. The molecule has 0 aliphatic carbocycles. The van der Waals surface area contributed by atoms with Crippen molar-refractivity contribution < 1.29 is 18.7 Å². The van der Waals surface area contributed by atoms with Gasteiger partial charge in [-0.1, -0.05) is 0 Å². The van der Waals surface area contributed by atoms with E-state index < -0.39 is 13.4 Å². The molecule has 11 nitrogen and oxygen atoms in total. The second-order valence-corrected chi connectivity index (χ2v) is 4.16. The molecule has 0 amide bonds. The van der Waals surface area contributed by atoms with Gasteiger partial charge in [0.15, 0.2) is 5.52 Å². The summed E-state index contributed by atoms with van der Waals surface area (Å²) in [6.07, 6.45) is 0.953. The number of nitrogens with zero attached hydrogens (tertiary/aromatic N) is 3. The second-order valence-electron chi connectivity index (χ2n) is 2.85. The number of aromatic nitrogens is 4. The highest BCUT2D eigenvalue weighted by Crippen LogP contribution is 2.37. The van der Waals surface area contributed by atoms with Gasteiger partial charge in [-0.05, 0) is 0 Å². The lowest BCUT2D eigenvalue weighted by atomic mass is 10.5. The standard InChI is InChI=1S/C5H7N6O5P/c6-5-9-3-2(4(12)10-5)8-1-11(3)16-17(13,14)15-7/h1H,7H2,(H,13,14)(H3,6,9,10,12). The molecule has 2 aromatic heterocycles. The van der Waals surface area contributed by atoms with Crippen LogP contribution in [0.4, 0.5) is 5.95 Å². The third kappa shape index (κ3) is 2.12. The van der Waals surface area contributed by atoms with Crippen molar-refractivity contribution in [1.29, 1.82) is 0 Å². The maximum atomic E-state index is 11.4. The van der Waals surface area contributed by atoms with Crippen molar-refractivity contribution in [2.75, 3.05) is 5.73 Å². The molecule has 0 radical (unpaired) electrons. The zero-order valence-corrected chi connectivity index (χ0v) is 9.00. The van der Waals surface area contributed by atoms with Crippen LogP contribution in [-0.4, -0.2) is 24.6 Å². The fourth-order valence-corrected chi connectivity index (χ4v) is 1.48. The van der Waals surface area contributed by atoms with E-state index in [0.29, 0.717) is 4.73 Å². The van der Waals surface area contributed by atoms with E-state index in [4.69, 9.17) is 10.6 Å². The molecule has 0 fully saturated rings. The summed E-state index contributed by atoms with van der Waals surface area (Å²) in [6.45, 7) is 0. The molecule has 0 saturated carbocycles. The molecule has 0 bridgehead atoms. The van der Waals surface area contributed by atoms with Gasteiger partial charge in [-0.3, -0.25) is 14.7 Å². The Labute approximate surface area is 92.5 Å². The SMILES string of the molecule is NOP(=O)(O)On1cnc2c(=O)[nH]c(N)nc21. The molecule has 2 aromatic rings. The Balaban J connectivity index is 2.57. The Morgan fingerprint density at radius 2 is 2.29 bits per heavy atom. The molecule has 6 N–H and O–H groups in total. The minimum atomic E-state index is -4.49. The van der Waals surface area contributed by atoms with Crippen molar-refractivity contribution >= 4 is 24.9 Å². The average Bonchev–Trinajstić information content (AvgIpc) is 2.61. The molecule has 0 aliphatic rings. The number of nitrogens with one attached hydrogen (secondary N) is 1. The first-order valence-corrected chi connectivity index (χ1v) is 5.57. The van der Waals surface area contributed by atoms with Crippen LogP contribution in [-0.2, 0) is 9.19 Å². The Morgan fingerprint density at radius 3 is 2.94 bits per heavy atom. The summed E-state index contributed by atoms with van der Waals surface area (Å²) in [5.74, 6) is 4.34. The highest BCUT2D eigenvalue weighted by molar-refractivity contribution is 7.47. The third-order valence-corrected chi connectivity index (χ3v) is 2.37. The van der Waals surface area contributed by atoms with Crippen LogP contribution in [0, 0.1) is 0 Å². The van der Waals surface area contributed by atoms with Crippen LogP contribution in [0.15, 0.2) is 11.1 Å². The normalized spacial score (nSPS) is 14.7. The summed E-state index contributed by atoms with van der Waals surface area (Å²) in [6, 6.07) is 0. The molecule has 1 unspecified atom stereocenters. The van der Waals surface area contributed by atoms with E-state index in [2.05, 4.69) is 30.1 Å². The topological polar surface area (TPSA) is 171 Å². The van der Waals surface area contributed by atoms with E-state index in [-0.39, 0.29) is 17.1 Å². The zero-order valence-electron chi connectivity index (χ0n) is 8.10. The highest BCUT2D eigenvalue weighted by atomic mass is 31.2. The van der Waals surface area contributed by atoms with Crippen molar-refractivity contribution in [3.63, 3.8) is 0 Å². The van der Waals surface area contributed by atoms with Crippen molar-refractivity contribution in [2.45, 2.75) is 0 Å². The Kier molecular flexibility index (Phi) is 2.59. The number of fused-ring (bicyclic) bond motifs is 1. The number of H-pyrrole nitrogens is 1.